The van der Waals surface area contributed by atoms with Gasteiger partial charge in [-0.25, -0.2) is 0 Å². The van der Waals surface area contributed by atoms with E-state index in [1.54, 1.807) is 24.3 Å². The van der Waals surface area contributed by atoms with Gasteiger partial charge in [0, 0.05) is 36.3 Å². The number of nitrogen functional groups attached to an aromatic ring is 1. The van der Waals surface area contributed by atoms with Crippen LogP contribution in [-0.2, 0) is 16.2 Å². The number of alkyl halides is 18. The van der Waals surface area contributed by atoms with Gasteiger partial charge in [0.15, 0.2) is 5.78 Å². The average molecular weight is 1500 g/mol. The number of amides is 3. The lowest BCUT2D eigenvalue weighted by molar-refractivity contribution is -0.290. The van der Waals surface area contributed by atoms with Crippen LogP contribution in [0.4, 0.5) is 113 Å². The summed E-state index contributed by atoms with van der Waals surface area (Å²) >= 11 is 0. The molecule has 0 saturated heterocycles. The summed E-state index contributed by atoms with van der Waals surface area (Å²) in [7, 11) is 2.34. The molecule has 0 spiro atoms. The highest BCUT2D eigenvalue weighted by Crippen LogP contribution is 2.61. The second kappa shape index (κ2) is 28.9. The van der Waals surface area contributed by atoms with Crippen LogP contribution >= 0.6 is 0 Å². The largest absolute Gasteiger partial charge is 0.506 e. The summed E-state index contributed by atoms with van der Waals surface area (Å²) in [5, 5.41) is 71.2. The van der Waals surface area contributed by atoms with Crippen molar-refractivity contribution in [3.8, 4) is 46.0 Å². The van der Waals surface area contributed by atoms with Crippen LogP contribution in [0.3, 0.4) is 0 Å². The number of hydrogen-bond donors (Lipinski definition) is 12. The van der Waals surface area contributed by atoms with Crippen molar-refractivity contribution >= 4 is 57.6 Å². The van der Waals surface area contributed by atoms with Gasteiger partial charge >= 0.3 is 37.1 Å². The zero-order valence-corrected chi connectivity index (χ0v) is 53.4. The predicted octanol–water partition coefficient (Wildman–Crippen LogP) is 17.3. The summed E-state index contributed by atoms with van der Waals surface area (Å²) in [6.45, 7) is 1.41. The Hall–Kier alpha value is -12.2. The minimum absolute atomic E-state index is 0.0517. The van der Waals surface area contributed by atoms with Crippen LogP contribution < -0.4 is 37.1 Å². The molecule has 0 bridgehead atoms. The Morgan fingerprint density at radius 2 is 0.514 bits per heavy atom. The second-order valence-corrected chi connectivity index (χ2v) is 22.8. The minimum atomic E-state index is -6.13. The van der Waals surface area contributed by atoms with Gasteiger partial charge in [0.2, 0.25) is 16.2 Å². The molecule has 0 aliphatic rings. The van der Waals surface area contributed by atoms with Gasteiger partial charge in [0.05, 0.1) is 34.1 Å². The van der Waals surface area contributed by atoms with Crippen molar-refractivity contribution in [3.63, 3.8) is 0 Å². The summed E-state index contributed by atoms with van der Waals surface area (Å²) in [5.74, 6) is -7.75. The molecule has 9 aromatic carbocycles. The Labute approximate surface area is 579 Å². The van der Waals surface area contributed by atoms with Crippen molar-refractivity contribution < 1.29 is 134 Å². The molecule has 0 heterocycles. The Morgan fingerprint density at radius 3 is 0.743 bits per heavy atom. The maximum absolute atomic E-state index is 14.8. The highest BCUT2D eigenvalue weighted by molar-refractivity contribution is 6.08. The second-order valence-electron chi connectivity index (χ2n) is 22.8. The van der Waals surface area contributed by atoms with E-state index in [4.69, 9.17) is 10.5 Å². The van der Waals surface area contributed by atoms with Gasteiger partial charge in [-0.3, -0.25) is 19.2 Å². The summed E-state index contributed by atoms with van der Waals surface area (Å²) in [6.07, 6.45) is -36.4. The maximum atomic E-state index is 14.8. The predicted molar refractivity (Wildman–Crippen MR) is 344 cm³/mol. The topological polar surface area (TPSA) is 285 Å². The molecule has 9 aromatic rings. The molecular weight excluding hydrogens is 1440 g/mol. The molecule has 17 nitrogen and oxygen atoms in total. The summed E-state index contributed by atoms with van der Waals surface area (Å²) in [6, 6.07) is 22.8. The number of Topliss-reactive ketones (excluding diaryl/α,β-unsaturated/α-hetero) is 1. The summed E-state index contributed by atoms with van der Waals surface area (Å²) in [5.41, 5.74) is -22.0. The number of carbonyl (C=O) groups excluding carboxylic acids is 4. The Morgan fingerprint density at radius 1 is 0.305 bits per heavy atom. The number of rotatable bonds is 17. The molecular formula is C70H52F18N6O11. The number of phenolic OH excluding ortho intramolecular Hbond substituents is 6. The number of ketones is 1. The van der Waals surface area contributed by atoms with Gasteiger partial charge in [-0.05, 0) is 186 Å². The fourth-order valence-electron chi connectivity index (χ4n) is 11.2. The van der Waals surface area contributed by atoms with E-state index in [1.807, 2.05) is 10.6 Å². The Kier molecular flexibility index (Phi) is 21.6. The molecule has 0 aliphatic carbocycles. The van der Waals surface area contributed by atoms with E-state index >= 15 is 0 Å². The van der Waals surface area contributed by atoms with Crippen molar-refractivity contribution in [1.29, 1.82) is 0 Å². The fraction of sp³-hybridized carbons (Fsp3) is 0.171. The van der Waals surface area contributed by atoms with E-state index in [1.165, 1.54) is 38.2 Å². The molecule has 0 fully saturated rings. The summed E-state index contributed by atoms with van der Waals surface area (Å²) in [4.78, 5) is 50.6. The van der Waals surface area contributed by atoms with E-state index in [0.717, 1.165) is 31.3 Å². The van der Waals surface area contributed by atoms with E-state index in [-0.39, 0.29) is 41.0 Å². The highest BCUT2D eigenvalue weighted by atomic mass is 19.4. The first-order valence-electron chi connectivity index (χ1n) is 29.6. The number of hydrogen-bond acceptors (Lipinski definition) is 14. The molecule has 13 N–H and O–H groups in total. The molecule has 35 heteroatoms. The van der Waals surface area contributed by atoms with Crippen LogP contribution in [0.25, 0.3) is 0 Å². The van der Waals surface area contributed by atoms with Crippen LogP contribution in [0.5, 0.6) is 46.0 Å². The SMILES string of the molecule is CNc1cc(C(c2ccc(O)c(NC(=O)c3ccc(C(=O)Nc4cc(C(c5ccc(O)c(N)c5)(C(F)(F)F)C(F)(F)F)ccc4O)cc3)c2)(C(F)(F)F)C(F)(F)F)ccc1O.CNc1cc(C(c2ccc(O)c(NC(=O)c3ccc(Oc4ccc(C(C)=O)cc4)cc3)c2)(C(F)(F)F)C(F)(F)F)ccc1O. The number of nitrogens with two attached hydrogens (primary N) is 1. The van der Waals surface area contributed by atoms with Crippen molar-refractivity contribution in [1.82, 2.24) is 0 Å². The molecule has 0 saturated carbocycles. The molecule has 9 rings (SSSR count). The number of nitrogens with one attached hydrogen (secondary N) is 5. The molecule has 0 atom stereocenters. The van der Waals surface area contributed by atoms with Crippen LogP contribution in [0.1, 0.15) is 81.7 Å². The van der Waals surface area contributed by atoms with Gasteiger partial charge in [-0.2, -0.15) is 79.0 Å². The van der Waals surface area contributed by atoms with Crippen molar-refractivity contribution in [2.45, 2.75) is 60.2 Å². The molecule has 554 valence electrons. The number of benzene rings is 9. The maximum Gasteiger partial charge on any atom is 0.411 e. The van der Waals surface area contributed by atoms with Gasteiger partial charge in [-0.1, -0.05) is 36.4 Å². The third-order valence-corrected chi connectivity index (χ3v) is 16.5. The molecule has 0 aromatic heterocycles. The van der Waals surface area contributed by atoms with Crippen LogP contribution in [0.15, 0.2) is 182 Å². The summed E-state index contributed by atoms with van der Waals surface area (Å²) < 4.78 is 270. The van der Waals surface area contributed by atoms with Crippen LogP contribution in [-0.4, -0.2) is 105 Å². The first kappa shape index (κ1) is 78.5. The smallest absolute Gasteiger partial charge is 0.411 e. The zero-order chi connectivity index (χ0) is 78.1. The number of phenols is 6. The molecule has 0 unspecified atom stereocenters. The average Bonchev–Trinajstić information content (AvgIpc) is 0.726. The lowest BCUT2D eigenvalue weighted by Gasteiger charge is -2.38. The molecule has 0 aliphatic heterocycles. The number of anilines is 6. The Bertz CT molecular complexity index is 4710. The number of halogens is 18. The van der Waals surface area contributed by atoms with Gasteiger partial charge < -0.3 is 67.7 Å². The van der Waals surface area contributed by atoms with E-state index in [9.17, 15) is 129 Å². The standard InChI is InChI=1S/C39H28F12N4O6.C31H24F6N2O5/c1-53-25-15-21(7-11-29(25)57)35(38(46,47)48,39(49,50)51)23-9-13-31(59)27(17-23)55-33(61)19-4-2-18(3-5-19)32(60)54-26-16-22(8-12-30(26)58)34(36(40,41)42,37(43,44)45)20-6-10-28(56)24(52)14-20;1-17(40)18-3-9-22(10-4-18)44-23-11-5-19(6-12-23)28(43)39-25-16-21(8-14-27(25)42)29(30(32,33)34,31(35,36)37)20-7-13-26(41)24(15-20)38-2/h2-17,53,56-59H,52H2,1H3,(H,54,60)(H,55,61);3-16,38,41-42H,1-2H3,(H,39,43). The first-order chi connectivity index (χ1) is 48.7. The Balaban J connectivity index is 0.000000280. The van der Waals surface area contributed by atoms with E-state index in [0.29, 0.717) is 102 Å². The number of carbonyl (C=O) groups is 4. The van der Waals surface area contributed by atoms with E-state index in [2.05, 4.69) is 16.0 Å². The quantitative estimate of drug-likeness (QED) is 0.0175. The van der Waals surface area contributed by atoms with Gasteiger partial charge in [0.25, 0.3) is 17.7 Å². The zero-order valence-electron chi connectivity index (χ0n) is 53.4. The third-order valence-electron chi connectivity index (χ3n) is 16.5. The molecule has 3 amide bonds. The fourth-order valence-corrected chi connectivity index (χ4v) is 11.2. The van der Waals surface area contributed by atoms with Crippen molar-refractivity contribution in [2.75, 3.05) is 46.4 Å². The molecule has 0 radical (unpaired) electrons. The van der Waals surface area contributed by atoms with Crippen LogP contribution in [0, 0.1) is 0 Å². The normalized spacial score (nSPS) is 12.5. The number of ether oxygens (including phenoxy) is 1. The van der Waals surface area contributed by atoms with Gasteiger partial charge in [0.1, 0.15) is 46.0 Å². The molecule has 105 heavy (non-hydrogen) atoms. The van der Waals surface area contributed by atoms with Crippen molar-refractivity contribution in [2.24, 2.45) is 0 Å². The van der Waals surface area contributed by atoms with Crippen molar-refractivity contribution in [3.05, 3.63) is 238 Å². The third kappa shape index (κ3) is 15.0. The number of aromatic hydroxyl groups is 6. The van der Waals surface area contributed by atoms with Gasteiger partial charge in [-0.15, -0.1) is 0 Å². The van der Waals surface area contributed by atoms with E-state index < -0.39 is 178 Å². The lowest BCUT2D eigenvalue weighted by Crippen LogP contribution is -2.54. The first-order valence-corrected chi connectivity index (χ1v) is 29.6. The lowest BCUT2D eigenvalue weighted by atomic mass is 9.72. The monoisotopic (exact) mass is 1490 g/mol. The minimum Gasteiger partial charge on any atom is -0.506 e. The highest BCUT2D eigenvalue weighted by Gasteiger charge is 2.75. The van der Waals surface area contributed by atoms with Crippen LogP contribution in [0.2, 0.25) is 0 Å².